The van der Waals surface area contributed by atoms with E-state index in [2.05, 4.69) is 0 Å². The molecule has 0 saturated carbocycles. The average Bonchev–Trinajstić information content (AvgIpc) is 2.35. The van der Waals surface area contributed by atoms with Crippen molar-refractivity contribution < 1.29 is 13.2 Å². The molecule has 1 atom stereocenters. The Kier molecular flexibility index (Phi) is 4.77. The molecule has 20 heavy (non-hydrogen) atoms. The number of carbonyl (C=O) groups excluding carboxylic acids is 1. The Hall–Kier alpha value is -1.20. The van der Waals surface area contributed by atoms with Gasteiger partial charge in [0.2, 0.25) is 0 Å². The Bertz CT molecular complexity index is 569. The first-order valence-corrected chi connectivity index (χ1v) is 8.24. The smallest absolute Gasteiger partial charge is 0.157 e. The standard InChI is InChI=1S/C15H23NO3S/c1-14(2,3)20(18,19)11-10-13(17)15(4,16)12-8-6-5-7-9-12/h5-9H,10-11,16H2,1-4H3. The van der Waals surface area contributed by atoms with Crippen molar-refractivity contribution in [2.24, 2.45) is 5.73 Å². The van der Waals surface area contributed by atoms with E-state index in [1.54, 1.807) is 52.0 Å². The summed E-state index contributed by atoms with van der Waals surface area (Å²) in [6, 6.07) is 9.00. The molecule has 1 rings (SSSR count). The summed E-state index contributed by atoms with van der Waals surface area (Å²) in [6.45, 7) is 6.51. The molecule has 0 aliphatic carbocycles. The molecule has 4 nitrogen and oxygen atoms in total. The summed E-state index contributed by atoms with van der Waals surface area (Å²) < 4.78 is 23.2. The minimum absolute atomic E-state index is 0.0680. The molecule has 0 aromatic heterocycles. The van der Waals surface area contributed by atoms with E-state index in [-0.39, 0.29) is 18.0 Å². The Balaban J connectivity index is 2.83. The number of carbonyl (C=O) groups is 1. The highest BCUT2D eigenvalue weighted by Gasteiger charge is 2.34. The summed E-state index contributed by atoms with van der Waals surface area (Å²) in [5.41, 5.74) is 5.61. The molecule has 0 heterocycles. The summed E-state index contributed by atoms with van der Waals surface area (Å²) in [6.07, 6.45) is -0.0680. The quantitative estimate of drug-likeness (QED) is 0.902. The van der Waals surface area contributed by atoms with Crippen molar-refractivity contribution >= 4 is 15.6 Å². The number of nitrogens with two attached hydrogens (primary N) is 1. The summed E-state index contributed by atoms with van der Waals surface area (Å²) in [4.78, 5) is 12.2. The van der Waals surface area contributed by atoms with Gasteiger partial charge in [-0.1, -0.05) is 30.3 Å². The van der Waals surface area contributed by atoms with E-state index in [1.807, 2.05) is 6.07 Å². The molecule has 0 aliphatic heterocycles. The lowest BCUT2D eigenvalue weighted by molar-refractivity contribution is -0.123. The van der Waals surface area contributed by atoms with Crippen molar-refractivity contribution in [3.63, 3.8) is 0 Å². The van der Waals surface area contributed by atoms with Crippen LogP contribution in [0.3, 0.4) is 0 Å². The highest BCUT2D eigenvalue weighted by molar-refractivity contribution is 7.92. The Morgan fingerprint density at radius 1 is 1.10 bits per heavy atom. The highest BCUT2D eigenvalue weighted by atomic mass is 32.2. The van der Waals surface area contributed by atoms with Gasteiger partial charge in [0.1, 0.15) is 0 Å². The van der Waals surface area contributed by atoms with E-state index >= 15 is 0 Å². The highest BCUT2D eigenvalue weighted by Crippen LogP contribution is 2.22. The molecular weight excluding hydrogens is 274 g/mol. The molecule has 0 amide bonds. The van der Waals surface area contributed by atoms with Crippen LogP contribution in [-0.4, -0.2) is 24.7 Å². The molecule has 0 radical (unpaired) electrons. The third-order valence-electron chi connectivity index (χ3n) is 3.48. The Morgan fingerprint density at radius 2 is 1.60 bits per heavy atom. The van der Waals surface area contributed by atoms with Gasteiger partial charge in [-0.2, -0.15) is 0 Å². The molecule has 1 unspecified atom stereocenters. The van der Waals surface area contributed by atoms with Crippen molar-refractivity contribution in [2.45, 2.75) is 44.4 Å². The van der Waals surface area contributed by atoms with Gasteiger partial charge >= 0.3 is 0 Å². The number of Topliss-reactive ketones (excluding diaryl/α,β-unsaturated/α-hetero) is 1. The number of sulfone groups is 1. The molecule has 0 spiro atoms. The number of hydrogen-bond acceptors (Lipinski definition) is 4. The molecule has 0 fully saturated rings. The second-order valence-corrected chi connectivity index (χ2v) is 9.04. The zero-order valence-electron chi connectivity index (χ0n) is 12.5. The summed E-state index contributed by atoms with van der Waals surface area (Å²) in [7, 11) is -3.31. The molecule has 0 aliphatic rings. The minimum atomic E-state index is -3.31. The fraction of sp³-hybridized carbons (Fsp3) is 0.533. The van der Waals surface area contributed by atoms with E-state index in [4.69, 9.17) is 5.73 Å². The SMILES string of the molecule is CC(N)(C(=O)CCS(=O)(=O)C(C)(C)C)c1ccccc1. The first-order chi connectivity index (χ1) is 8.98. The predicted molar refractivity (Wildman–Crippen MR) is 81.1 cm³/mol. The fourth-order valence-corrected chi connectivity index (χ4v) is 2.80. The topological polar surface area (TPSA) is 77.2 Å². The fourth-order valence-electron chi connectivity index (χ4n) is 1.74. The second-order valence-electron chi connectivity index (χ2n) is 6.17. The molecular formula is C15H23NO3S. The van der Waals surface area contributed by atoms with Crippen LogP contribution in [0.25, 0.3) is 0 Å². The third-order valence-corrected chi connectivity index (χ3v) is 6.09. The molecule has 0 bridgehead atoms. The van der Waals surface area contributed by atoms with Gasteiger partial charge in [-0.25, -0.2) is 8.42 Å². The van der Waals surface area contributed by atoms with Crippen LogP contribution in [0.1, 0.15) is 39.7 Å². The van der Waals surface area contributed by atoms with Crippen LogP contribution in [0.4, 0.5) is 0 Å². The minimum Gasteiger partial charge on any atom is -0.315 e. The molecule has 1 aromatic rings. The lowest BCUT2D eigenvalue weighted by atomic mass is 9.87. The van der Waals surface area contributed by atoms with Crippen LogP contribution >= 0.6 is 0 Å². The molecule has 0 saturated heterocycles. The van der Waals surface area contributed by atoms with Crippen LogP contribution in [0.2, 0.25) is 0 Å². The normalized spacial score (nSPS) is 15.7. The summed E-state index contributed by atoms with van der Waals surface area (Å²) in [5.74, 6) is -0.439. The maximum Gasteiger partial charge on any atom is 0.157 e. The lowest BCUT2D eigenvalue weighted by Crippen LogP contribution is -2.43. The maximum atomic E-state index is 12.2. The van der Waals surface area contributed by atoms with Crippen molar-refractivity contribution in [1.82, 2.24) is 0 Å². The molecule has 2 N–H and O–H groups in total. The van der Waals surface area contributed by atoms with Gasteiger partial charge in [-0.05, 0) is 33.3 Å². The van der Waals surface area contributed by atoms with Crippen LogP contribution < -0.4 is 5.73 Å². The largest absolute Gasteiger partial charge is 0.315 e. The van der Waals surface area contributed by atoms with E-state index < -0.39 is 20.1 Å². The monoisotopic (exact) mass is 297 g/mol. The number of rotatable bonds is 5. The van der Waals surface area contributed by atoms with Crippen molar-refractivity contribution in [1.29, 1.82) is 0 Å². The van der Waals surface area contributed by atoms with Gasteiger partial charge in [0, 0.05) is 6.42 Å². The van der Waals surface area contributed by atoms with Crippen LogP contribution in [0.5, 0.6) is 0 Å². The zero-order valence-corrected chi connectivity index (χ0v) is 13.3. The van der Waals surface area contributed by atoms with Crippen LogP contribution in [0.15, 0.2) is 30.3 Å². The predicted octanol–water partition coefficient (Wildman–Crippen LogP) is 2.03. The molecule has 5 heteroatoms. The van der Waals surface area contributed by atoms with Crippen molar-refractivity contribution in [3.8, 4) is 0 Å². The van der Waals surface area contributed by atoms with Gasteiger partial charge in [-0.15, -0.1) is 0 Å². The molecule has 112 valence electrons. The average molecular weight is 297 g/mol. The van der Waals surface area contributed by atoms with Crippen LogP contribution in [-0.2, 0) is 20.2 Å². The number of ketones is 1. The second kappa shape index (κ2) is 5.66. The van der Waals surface area contributed by atoms with E-state index in [0.717, 1.165) is 0 Å². The Morgan fingerprint density at radius 3 is 2.05 bits per heavy atom. The Labute approximate surface area is 121 Å². The van der Waals surface area contributed by atoms with Gasteiger partial charge in [0.15, 0.2) is 15.6 Å². The first-order valence-electron chi connectivity index (χ1n) is 6.58. The number of benzene rings is 1. The van der Waals surface area contributed by atoms with E-state index in [1.165, 1.54) is 0 Å². The van der Waals surface area contributed by atoms with Crippen molar-refractivity contribution in [2.75, 3.05) is 5.75 Å². The zero-order chi connectivity index (χ0) is 15.6. The van der Waals surface area contributed by atoms with E-state index in [9.17, 15) is 13.2 Å². The summed E-state index contributed by atoms with van der Waals surface area (Å²) in [5, 5.41) is 0. The number of hydrogen-bond donors (Lipinski definition) is 1. The maximum absolute atomic E-state index is 12.2. The lowest BCUT2D eigenvalue weighted by Gasteiger charge is -2.25. The third kappa shape index (κ3) is 3.67. The summed E-state index contributed by atoms with van der Waals surface area (Å²) >= 11 is 0. The van der Waals surface area contributed by atoms with Gasteiger partial charge in [0.25, 0.3) is 0 Å². The van der Waals surface area contributed by atoms with Gasteiger partial charge < -0.3 is 5.73 Å². The first kappa shape index (κ1) is 16.9. The van der Waals surface area contributed by atoms with Gasteiger partial charge in [-0.3, -0.25) is 4.79 Å². The van der Waals surface area contributed by atoms with E-state index in [0.29, 0.717) is 5.56 Å². The van der Waals surface area contributed by atoms with Crippen molar-refractivity contribution in [3.05, 3.63) is 35.9 Å². The van der Waals surface area contributed by atoms with Crippen LogP contribution in [0, 0.1) is 0 Å². The van der Waals surface area contributed by atoms with Gasteiger partial charge in [0.05, 0.1) is 16.0 Å². The molecule has 1 aromatic carbocycles.